The van der Waals surface area contributed by atoms with Gasteiger partial charge in [-0.25, -0.2) is 14.8 Å². The molecule has 0 unspecified atom stereocenters. The normalized spacial score (nSPS) is 16.9. The fraction of sp³-hybridized carbons (Fsp3) is 0.421. The van der Waals surface area contributed by atoms with E-state index in [9.17, 15) is 9.90 Å². The van der Waals surface area contributed by atoms with Gasteiger partial charge in [0, 0.05) is 30.9 Å². The molecule has 138 valence electrons. The third kappa shape index (κ3) is 3.77. The highest BCUT2D eigenvalue weighted by Crippen LogP contribution is 2.27. The van der Waals surface area contributed by atoms with E-state index < -0.39 is 5.97 Å². The predicted molar refractivity (Wildman–Crippen MR) is 99.9 cm³/mol. The maximum Gasteiger partial charge on any atom is 0.339 e. The smallest absolute Gasteiger partial charge is 0.339 e. The van der Waals surface area contributed by atoms with E-state index in [1.54, 1.807) is 24.4 Å². The summed E-state index contributed by atoms with van der Waals surface area (Å²) < 4.78 is 5.40. The summed E-state index contributed by atoms with van der Waals surface area (Å²) in [4.78, 5) is 25.0. The first-order chi connectivity index (χ1) is 12.5. The van der Waals surface area contributed by atoms with Gasteiger partial charge in [-0.3, -0.25) is 0 Å². The minimum atomic E-state index is -1.02. The number of carbonyl (C=O) groups is 1. The third-order valence-corrected chi connectivity index (χ3v) is 4.62. The minimum Gasteiger partial charge on any atom is -0.493 e. The van der Waals surface area contributed by atoms with Crippen LogP contribution in [-0.4, -0.2) is 65.8 Å². The van der Waals surface area contributed by atoms with Crippen molar-refractivity contribution in [1.29, 1.82) is 0 Å². The highest BCUT2D eigenvalue weighted by Gasteiger charge is 2.26. The number of aromatic nitrogens is 2. The van der Waals surface area contributed by atoms with Crippen LogP contribution in [0.3, 0.4) is 0 Å². The van der Waals surface area contributed by atoms with E-state index in [0.29, 0.717) is 30.0 Å². The molecule has 7 nitrogen and oxygen atoms in total. The molecule has 1 aromatic carbocycles. The lowest BCUT2D eigenvalue weighted by molar-refractivity contribution is 0.0692. The Morgan fingerprint density at radius 2 is 2.19 bits per heavy atom. The summed E-state index contributed by atoms with van der Waals surface area (Å²) in [7, 11) is 4.16. The molecule has 1 atom stereocenters. The monoisotopic (exact) mass is 356 g/mol. The van der Waals surface area contributed by atoms with Crippen molar-refractivity contribution in [3.63, 3.8) is 0 Å². The van der Waals surface area contributed by atoms with Gasteiger partial charge in [0.15, 0.2) is 0 Å². The lowest BCUT2D eigenvalue weighted by Crippen LogP contribution is -2.32. The number of rotatable bonds is 6. The van der Waals surface area contributed by atoms with Crippen LogP contribution in [0.5, 0.6) is 5.75 Å². The average molecular weight is 356 g/mol. The molecule has 1 aliphatic rings. The van der Waals surface area contributed by atoms with Gasteiger partial charge in [-0.2, -0.15) is 0 Å². The summed E-state index contributed by atoms with van der Waals surface area (Å²) in [5, 5.41) is 9.45. The summed E-state index contributed by atoms with van der Waals surface area (Å²) in [5.74, 6) is 0.0296. The number of hydrogen-bond acceptors (Lipinski definition) is 6. The van der Waals surface area contributed by atoms with Crippen molar-refractivity contribution >= 4 is 11.9 Å². The van der Waals surface area contributed by atoms with Gasteiger partial charge in [-0.1, -0.05) is 0 Å². The second-order valence-electron chi connectivity index (χ2n) is 6.54. The Labute approximate surface area is 153 Å². The van der Waals surface area contributed by atoms with Crippen molar-refractivity contribution < 1.29 is 14.6 Å². The zero-order valence-electron chi connectivity index (χ0n) is 15.3. The predicted octanol–water partition coefficient (Wildman–Crippen LogP) is 2.38. The lowest BCUT2D eigenvalue weighted by Gasteiger charge is -2.20. The number of hydrogen-bond donors (Lipinski definition) is 1. The Kier molecular flexibility index (Phi) is 5.37. The molecule has 26 heavy (non-hydrogen) atoms. The first-order valence-electron chi connectivity index (χ1n) is 8.74. The minimum absolute atomic E-state index is 0.137. The molecular formula is C19H24N4O3. The molecule has 0 saturated carbocycles. The lowest BCUT2D eigenvalue weighted by atomic mass is 10.1. The molecule has 1 N–H and O–H groups in total. The summed E-state index contributed by atoms with van der Waals surface area (Å²) in [6.45, 7) is 4.04. The Hall–Kier alpha value is -2.67. The molecule has 3 rings (SSSR count). The van der Waals surface area contributed by atoms with Crippen molar-refractivity contribution in [2.75, 3.05) is 38.7 Å². The number of ether oxygens (including phenoxy) is 1. The third-order valence-electron chi connectivity index (χ3n) is 4.62. The molecule has 1 saturated heterocycles. The van der Waals surface area contributed by atoms with Crippen molar-refractivity contribution in [3.05, 3.63) is 36.0 Å². The molecule has 2 aromatic rings. The topological polar surface area (TPSA) is 78.8 Å². The Balaban J connectivity index is 1.89. The Bertz CT molecular complexity index is 794. The molecule has 2 heterocycles. The van der Waals surface area contributed by atoms with Crippen LogP contribution >= 0.6 is 0 Å². The number of carboxylic acids is 1. The van der Waals surface area contributed by atoms with E-state index in [-0.39, 0.29) is 5.56 Å². The van der Waals surface area contributed by atoms with Gasteiger partial charge >= 0.3 is 5.97 Å². The van der Waals surface area contributed by atoms with Crippen LogP contribution in [0.2, 0.25) is 0 Å². The fourth-order valence-corrected chi connectivity index (χ4v) is 3.14. The van der Waals surface area contributed by atoms with Gasteiger partial charge in [0.2, 0.25) is 5.95 Å². The molecule has 0 amide bonds. The van der Waals surface area contributed by atoms with Crippen molar-refractivity contribution in [3.8, 4) is 17.0 Å². The molecule has 1 aliphatic heterocycles. The largest absolute Gasteiger partial charge is 0.493 e. The van der Waals surface area contributed by atoms with Gasteiger partial charge < -0.3 is 19.6 Å². The maximum absolute atomic E-state index is 11.5. The van der Waals surface area contributed by atoms with Gasteiger partial charge in [-0.15, -0.1) is 0 Å². The standard InChI is InChI=1S/C19H24N4O3/c1-4-26-17-6-5-13(11-15(17)18(24)25)16-7-9-20-19(21-16)23-10-8-14(12-23)22(2)3/h5-7,9,11,14H,4,8,10,12H2,1-3H3,(H,24,25)/t14-/m1/s1. The van der Waals surface area contributed by atoms with Crippen LogP contribution in [0.1, 0.15) is 23.7 Å². The van der Waals surface area contributed by atoms with Crippen LogP contribution in [0, 0.1) is 0 Å². The highest BCUT2D eigenvalue weighted by molar-refractivity contribution is 5.92. The summed E-state index contributed by atoms with van der Waals surface area (Å²) in [5.41, 5.74) is 1.57. The summed E-state index contributed by atoms with van der Waals surface area (Å²) >= 11 is 0. The first kappa shape index (κ1) is 18.1. The van der Waals surface area contributed by atoms with E-state index in [0.717, 1.165) is 25.1 Å². The molecule has 7 heteroatoms. The molecule has 0 radical (unpaired) electrons. The Morgan fingerprint density at radius 1 is 1.38 bits per heavy atom. The van der Waals surface area contributed by atoms with Crippen LogP contribution < -0.4 is 9.64 Å². The summed E-state index contributed by atoms with van der Waals surface area (Å²) in [6.07, 6.45) is 2.80. The van der Waals surface area contributed by atoms with Gasteiger partial charge in [-0.05, 0) is 51.7 Å². The van der Waals surface area contributed by atoms with Crippen LogP contribution in [0.15, 0.2) is 30.5 Å². The zero-order chi connectivity index (χ0) is 18.7. The molecule has 1 fully saturated rings. The second-order valence-corrected chi connectivity index (χ2v) is 6.54. The van der Waals surface area contributed by atoms with Gasteiger partial charge in [0.05, 0.1) is 12.3 Å². The average Bonchev–Trinajstić information content (AvgIpc) is 3.13. The number of anilines is 1. The van der Waals surface area contributed by atoms with Gasteiger partial charge in [0.25, 0.3) is 0 Å². The SMILES string of the molecule is CCOc1ccc(-c2ccnc(N3CC[C@@H](N(C)C)C3)n2)cc1C(=O)O. The maximum atomic E-state index is 11.5. The molecule has 0 spiro atoms. The van der Waals surface area contributed by atoms with Crippen LogP contribution in [0.25, 0.3) is 11.3 Å². The number of nitrogens with zero attached hydrogens (tertiary/aromatic N) is 4. The van der Waals surface area contributed by atoms with Crippen LogP contribution in [0.4, 0.5) is 5.95 Å². The van der Waals surface area contributed by atoms with E-state index in [4.69, 9.17) is 4.74 Å². The van der Waals surface area contributed by atoms with Crippen molar-refractivity contribution in [2.45, 2.75) is 19.4 Å². The van der Waals surface area contributed by atoms with E-state index in [2.05, 4.69) is 33.9 Å². The quantitative estimate of drug-likeness (QED) is 0.851. The van der Waals surface area contributed by atoms with Gasteiger partial charge in [0.1, 0.15) is 11.3 Å². The van der Waals surface area contributed by atoms with Crippen molar-refractivity contribution in [1.82, 2.24) is 14.9 Å². The molecule has 1 aromatic heterocycles. The van der Waals surface area contributed by atoms with E-state index >= 15 is 0 Å². The van der Waals surface area contributed by atoms with E-state index in [1.165, 1.54) is 0 Å². The highest BCUT2D eigenvalue weighted by atomic mass is 16.5. The number of benzene rings is 1. The number of likely N-dealkylation sites (N-methyl/N-ethyl adjacent to an activating group) is 1. The molecule has 0 bridgehead atoms. The van der Waals surface area contributed by atoms with E-state index in [1.807, 2.05) is 13.0 Å². The number of aromatic carboxylic acids is 1. The zero-order valence-corrected chi connectivity index (χ0v) is 15.3. The first-order valence-corrected chi connectivity index (χ1v) is 8.74. The molecule has 0 aliphatic carbocycles. The number of carboxylic acid groups (broad SMARTS) is 1. The Morgan fingerprint density at radius 3 is 2.85 bits per heavy atom. The summed E-state index contributed by atoms with van der Waals surface area (Å²) in [6, 6.07) is 7.40. The van der Waals surface area contributed by atoms with Crippen molar-refractivity contribution in [2.24, 2.45) is 0 Å². The molecular weight excluding hydrogens is 332 g/mol. The van der Waals surface area contributed by atoms with Crippen LogP contribution in [-0.2, 0) is 0 Å². The second kappa shape index (κ2) is 7.70. The fourth-order valence-electron chi connectivity index (χ4n) is 3.14.